The molecule has 0 atom stereocenters. The van der Waals surface area contributed by atoms with Gasteiger partial charge in [-0.3, -0.25) is 9.97 Å². The van der Waals surface area contributed by atoms with E-state index in [0.717, 1.165) is 39.6 Å². The van der Waals surface area contributed by atoms with Gasteiger partial charge in [0.05, 0.1) is 11.4 Å². The second kappa shape index (κ2) is 10.5. The number of hydrogen-bond acceptors (Lipinski definition) is 3. The highest BCUT2D eigenvalue weighted by atomic mass is 15.1. The lowest BCUT2D eigenvalue weighted by Crippen LogP contribution is -2.12. The molecule has 3 heteroatoms. The molecule has 0 amide bonds. The van der Waals surface area contributed by atoms with Crippen molar-refractivity contribution in [2.24, 2.45) is 0 Å². The van der Waals surface area contributed by atoms with Gasteiger partial charge in [-0.05, 0) is 82.6 Å². The Morgan fingerprint density at radius 3 is 1.33 bits per heavy atom. The summed E-state index contributed by atoms with van der Waals surface area (Å²) in [6.07, 6.45) is 3.83. The Bertz CT molecular complexity index is 1470. The van der Waals surface area contributed by atoms with Crippen molar-refractivity contribution in [2.45, 2.75) is 52.4 Å². The zero-order valence-electron chi connectivity index (χ0n) is 23.8. The minimum Gasteiger partial charge on any atom is -0.310 e. The maximum absolute atomic E-state index is 4.72. The Balaban J connectivity index is 1.60. The smallest absolute Gasteiger partial charge is 0.0705 e. The maximum Gasteiger partial charge on any atom is 0.0705 e. The molecule has 0 unspecified atom stereocenters. The Morgan fingerprint density at radius 1 is 0.462 bits per heavy atom. The molecule has 3 nitrogen and oxygen atoms in total. The van der Waals surface area contributed by atoms with E-state index in [9.17, 15) is 0 Å². The zero-order chi connectivity index (χ0) is 27.6. The van der Waals surface area contributed by atoms with Crippen molar-refractivity contribution in [1.29, 1.82) is 0 Å². The number of nitrogens with zero attached hydrogens (tertiary/aromatic N) is 3. The van der Waals surface area contributed by atoms with E-state index >= 15 is 0 Å². The number of pyridine rings is 2. The summed E-state index contributed by atoms with van der Waals surface area (Å²) >= 11 is 0. The van der Waals surface area contributed by atoms with Gasteiger partial charge in [-0.15, -0.1) is 0 Å². The highest BCUT2D eigenvalue weighted by Crippen LogP contribution is 2.38. The molecular weight excluding hydrogens is 474 g/mol. The summed E-state index contributed by atoms with van der Waals surface area (Å²) in [7, 11) is 0. The summed E-state index contributed by atoms with van der Waals surface area (Å²) in [6.45, 7) is 13.4. The SMILES string of the molecule is CC(C)(C)c1ccnc(-c2cccc(N(c3ccccc3)c3cccc(-c4cc(C(C)(C)C)ccn4)c3)c2)c1. The average Bonchev–Trinajstić information content (AvgIpc) is 2.93. The van der Waals surface area contributed by atoms with Gasteiger partial charge >= 0.3 is 0 Å². The van der Waals surface area contributed by atoms with Gasteiger partial charge in [-0.1, -0.05) is 84.0 Å². The number of para-hydroxylation sites is 1. The van der Waals surface area contributed by atoms with Crippen molar-refractivity contribution in [3.05, 3.63) is 127 Å². The third-order valence-electron chi connectivity index (χ3n) is 7.07. The minimum absolute atomic E-state index is 0.0597. The van der Waals surface area contributed by atoms with E-state index in [1.54, 1.807) is 0 Å². The second-order valence-electron chi connectivity index (χ2n) is 12.1. The molecular formula is C36H37N3. The van der Waals surface area contributed by atoms with Gasteiger partial charge in [0.1, 0.15) is 0 Å². The first kappa shape index (κ1) is 26.4. The van der Waals surface area contributed by atoms with Gasteiger partial charge in [-0.25, -0.2) is 0 Å². The molecule has 3 aromatic carbocycles. The molecule has 0 saturated carbocycles. The van der Waals surface area contributed by atoms with Crippen LogP contribution in [0.3, 0.4) is 0 Å². The van der Waals surface area contributed by atoms with Crippen LogP contribution < -0.4 is 4.90 Å². The van der Waals surface area contributed by atoms with E-state index in [1.165, 1.54) is 11.1 Å². The van der Waals surface area contributed by atoms with Crippen molar-refractivity contribution < 1.29 is 0 Å². The van der Waals surface area contributed by atoms with E-state index in [0.29, 0.717) is 0 Å². The molecule has 0 radical (unpaired) electrons. The van der Waals surface area contributed by atoms with Gasteiger partial charge in [-0.2, -0.15) is 0 Å². The third kappa shape index (κ3) is 5.93. The van der Waals surface area contributed by atoms with E-state index in [2.05, 4.69) is 150 Å². The van der Waals surface area contributed by atoms with Crippen molar-refractivity contribution in [3.63, 3.8) is 0 Å². The summed E-state index contributed by atoms with van der Waals surface area (Å²) in [4.78, 5) is 11.7. The Kier molecular flexibility index (Phi) is 7.10. The molecule has 2 aromatic heterocycles. The van der Waals surface area contributed by atoms with Crippen molar-refractivity contribution in [1.82, 2.24) is 9.97 Å². The van der Waals surface area contributed by atoms with Crippen LogP contribution in [0.4, 0.5) is 17.1 Å². The van der Waals surface area contributed by atoms with Crippen molar-refractivity contribution in [2.75, 3.05) is 4.90 Å². The summed E-state index contributed by atoms with van der Waals surface area (Å²) in [5.74, 6) is 0. The quantitative estimate of drug-likeness (QED) is 0.235. The molecule has 0 aliphatic rings. The summed E-state index contributed by atoms with van der Waals surface area (Å²) < 4.78 is 0. The molecule has 196 valence electrons. The fourth-order valence-electron chi connectivity index (χ4n) is 4.74. The lowest BCUT2D eigenvalue weighted by Gasteiger charge is -2.26. The molecule has 0 aliphatic heterocycles. The maximum atomic E-state index is 4.72. The predicted octanol–water partition coefficient (Wildman–Crippen LogP) is 9.88. The average molecular weight is 512 g/mol. The van der Waals surface area contributed by atoms with Crippen LogP contribution in [0, 0.1) is 0 Å². The molecule has 0 spiro atoms. The minimum atomic E-state index is 0.0597. The normalized spacial score (nSPS) is 11.8. The predicted molar refractivity (Wildman–Crippen MR) is 165 cm³/mol. The standard InChI is InChI=1S/C36H37N3/c1-35(2,3)28-18-20-37-33(24-28)26-12-10-16-31(22-26)39(30-14-8-7-9-15-30)32-17-11-13-27(23-32)34-25-29(19-21-38-34)36(4,5)6/h7-25H,1-6H3. The number of benzene rings is 3. The Labute approximate surface area is 233 Å². The molecule has 0 fully saturated rings. The van der Waals surface area contributed by atoms with Crippen LogP contribution in [-0.2, 0) is 10.8 Å². The lowest BCUT2D eigenvalue weighted by atomic mass is 9.87. The highest BCUT2D eigenvalue weighted by molar-refractivity contribution is 5.81. The number of rotatable bonds is 5. The largest absolute Gasteiger partial charge is 0.310 e. The first-order chi connectivity index (χ1) is 18.6. The van der Waals surface area contributed by atoms with Crippen molar-refractivity contribution in [3.8, 4) is 22.5 Å². The molecule has 5 aromatic rings. The lowest BCUT2D eigenvalue weighted by molar-refractivity contribution is 0.589. The van der Waals surface area contributed by atoms with E-state index < -0.39 is 0 Å². The number of hydrogen-bond donors (Lipinski definition) is 0. The van der Waals surface area contributed by atoms with E-state index in [1.807, 2.05) is 12.4 Å². The summed E-state index contributed by atoms with van der Waals surface area (Å²) in [6, 6.07) is 36.4. The fourth-order valence-corrected chi connectivity index (χ4v) is 4.74. The Morgan fingerprint density at radius 2 is 0.897 bits per heavy atom. The molecule has 5 rings (SSSR count). The van der Waals surface area contributed by atoms with Crippen LogP contribution in [0.5, 0.6) is 0 Å². The molecule has 0 N–H and O–H groups in total. The van der Waals surface area contributed by atoms with E-state index in [-0.39, 0.29) is 10.8 Å². The molecule has 2 heterocycles. The second-order valence-corrected chi connectivity index (χ2v) is 12.1. The van der Waals surface area contributed by atoms with Gasteiger partial charge in [0.2, 0.25) is 0 Å². The highest BCUT2D eigenvalue weighted by Gasteiger charge is 2.18. The van der Waals surface area contributed by atoms with Gasteiger partial charge < -0.3 is 4.90 Å². The van der Waals surface area contributed by atoms with Crippen LogP contribution >= 0.6 is 0 Å². The molecule has 0 bridgehead atoms. The first-order valence-corrected chi connectivity index (χ1v) is 13.6. The first-order valence-electron chi connectivity index (χ1n) is 13.6. The van der Waals surface area contributed by atoms with Crippen LogP contribution in [0.1, 0.15) is 52.7 Å². The summed E-state index contributed by atoms with van der Waals surface area (Å²) in [5, 5.41) is 0. The van der Waals surface area contributed by atoms with E-state index in [4.69, 9.17) is 9.97 Å². The topological polar surface area (TPSA) is 29.0 Å². The zero-order valence-corrected chi connectivity index (χ0v) is 23.8. The number of anilines is 3. The van der Waals surface area contributed by atoms with Crippen LogP contribution in [-0.4, -0.2) is 9.97 Å². The Hall–Kier alpha value is -4.24. The van der Waals surface area contributed by atoms with Crippen LogP contribution in [0.15, 0.2) is 116 Å². The molecule has 39 heavy (non-hydrogen) atoms. The fraction of sp³-hybridized carbons (Fsp3) is 0.222. The van der Waals surface area contributed by atoms with Gasteiger partial charge in [0.25, 0.3) is 0 Å². The molecule has 0 saturated heterocycles. The van der Waals surface area contributed by atoms with Crippen LogP contribution in [0.2, 0.25) is 0 Å². The number of aromatic nitrogens is 2. The summed E-state index contributed by atoms with van der Waals surface area (Å²) in [5.41, 5.74) is 10.1. The third-order valence-corrected chi connectivity index (χ3v) is 7.07. The van der Waals surface area contributed by atoms with Crippen molar-refractivity contribution >= 4 is 17.1 Å². The molecule has 0 aliphatic carbocycles. The monoisotopic (exact) mass is 511 g/mol. The van der Waals surface area contributed by atoms with Gasteiger partial charge in [0, 0.05) is 40.6 Å². The van der Waals surface area contributed by atoms with Gasteiger partial charge in [0.15, 0.2) is 0 Å². The van der Waals surface area contributed by atoms with Crippen LogP contribution in [0.25, 0.3) is 22.5 Å².